The van der Waals surface area contributed by atoms with E-state index in [4.69, 9.17) is 9.47 Å². The van der Waals surface area contributed by atoms with Gasteiger partial charge in [0.2, 0.25) is 0 Å². The van der Waals surface area contributed by atoms with Crippen molar-refractivity contribution in [3.05, 3.63) is 60.2 Å². The number of ether oxygens (including phenoxy) is 2. The van der Waals surface area contributed by atoms with Gasteiger partial charge in [-0.15, -0.1) is 0 Å². The third-order valence-electron chi connectivity index (χ3n) is 3.31. The van der Waals surface area contributed by atoms with E-state index in [0.29, 0.717) is 18.7 Å². The molecule has 0 aromatic heterocycles. The number of carbonyl (C=O) groups is 1. The van der Waals surface area contributed by atoms with E-state index in [1.54, 1.807) is 7.11 Å². The lowest BCUT2D eigenvalue weighted by Gasteiger charge is -2.17. The van der Waals surface area contributed by atoms with Crippen molar-refractivity contribution in [3.63, 3.8) is 0 Å². The van der Waals surface area contributed by atoms with Gasteiger partial charge < -0.3 is 14.8 Å². The number of rotatable bonds is 7. The second kappa shape index (κ2) is 8.08. The van der Waals surface area contributed by atoms with Gasteiger partial charge in [-0.05, 0) is 36.2 Å². The number of para-hydroxylation sites is 1. The Balaban J connectivity index is 1.88. The topological polar surface area (TPSA) is 47.6 Å². The van der Waals surface area contributed by atoms with Crippen LogP contribution in [-0.2, 0) is 11.3 Å². The maximum Gasteiger partial charge on any atom is 0.261 e. The van der Waals surface area contributed by atoms with Gasteiger partial charge >= 0.3 is 0 Å². The van der Waals surface area contributed by atoms with E-state index in [1.165, 1.54) is 0 Å². The van der Waals surface area contributed by atoms with Crippen LogP contribution in [0.2, 0.25) is 0 Å². The molecule has 116 valence electrons. The average molecular weight is 299 g/mol. The Kier molecular flexibility index (Phi) is 5.83. The van der Waals surface area contributed by atoms with Gasteiger partial charge in [0, 0.05) is 6.54 Å². The number of amides is 1. The molecule has 0 aliphatic carbocycles. The summed E-state index contributed by atoms with van der Waals surface area (Å²) in [5.74, 6) is 1.39. The van der Waals surface area contributed by atoms with Crippen LogP contribution in [-0.4, -0.2) is 19.1 Å². The van der Waals surface area contributed by atoms with E-state index in [-0.39, 0.29) is 5.91 Å². The van der Waals surface area contributed by atoms with Crippen molar-refractivity contribution in [1.29, 1.82) is 0 Å². The standard InChI is InChI=1S/C18H21NO3/c1-3-17(22-16-7-5-4-6-8-16)18(20)19-13-14-9-11-15(21-2)12-10-14/h4-12,17H,3,13H2,1-2H3,(H,19,20). The number of methoxy groups -OCH3 is 1. The van der Waals surface area contributed by atoms with E-state index >= 15 is 0 Å². The molecule has 1 atom stereocenters. The quantitative estimate of drug-likeness (QED) is 0.854. The Hall–Kier alpha value is -2.49. The fraction of sp³-hybridized carbons (Fsp3) is 0.278. The molecule has 0 spiro atoms. The monoisotopic (exact) mass is 299 g/mol. The van der Waals surface area contributed by atoms with E-state index in [1.807, 2.05) is 61.5 Å². The number of hydrogen-bond acceptors (Lipinski definition) is 3. The minimum atomic E-state index is -0.486. The van der Waals surface area contributed by atoms with Crippen LogP contribution < -0.4 is 14.8 Å². The molecule has 4 nitrogen and oxygen atoms in total. The molecular weight excluding hydrogens is 278 g/mol. The summed E-state index contributed by atoms with van der Waals surface area (Å²) in [7, 11) is 1.63. The molecule has 2 aromatic rings. The summed E-state index contributed by atoms with van der Waals surface area (Å²) in [6.45, 7) is 2.40. The highest BCUT2D eigenvalue weighted by Gasteiger charge is 2.17. The summed E-state index contributed by atoms with van der Waals surface area (Å²) in [5.41, 5.74) is 1.02. The van der Waals surface area contributed by atoms with Crippen LogP contribution in [0.5, 0.6) is 11.5 Å². The van der Waals surface area contributed by atoms with Gasteiger partial charge in [-0.1, -0.05) is 37.3 Å². The summed E-state index contributed by atoms with van der Waals surface area (Å²) in [6.07, 6.45) is 0.129. The molecule has 0 bridgehead atoms. The molecule has 1 amide bonds. The minimum Gasteiger partial charge on any atom is -0.497 e. The average Bonchev–Trinajstić information content (AvgIpc) is 2.59. The van der Waals surface area contributed by atoms with Gasteiger partial charge in [-0.2, -0.15) is 0 Å². The highest BCUT2D eigenvalue weighted by Crippen LogP contribution is 2.13. The van der Waals surface area contributed by atoms with Gasteiger partial charge in [-0.3, -0.25) is 4.79 Å². The maximum atomic E-state index is 12.2. The van der Waals surface area contributed by atoms with Crippen LogP contribution in [0.1, 0.15) is 18.9 Å². The first-order valence-electron chi connectivity index (χ1n) is 7.35. The van der Waals surface area contributed by atoms with Gasteiger partial charge in [-0.25, -0.2) is 0 Å². The molecular formula is C18H21NO3. The number of carbonyl (C=O) groups excluding carboxylic acids is 1. The summed E-state index contributed by atoms with van der Waals surface area (Å²) >= 11 is 0. The first-order valence-corrected chi connectivity index (χ1v) is 7.35. The zero-order valence-corrected chi connectivity index (χ0v) is 12.9. The highest BCUT2D eigenvalue weighted by atomic mass is 16.5. The molecule has 0 saturated heterocycles. The third-order valence-corrected chi connectivity index (χ3v) is 3.31. The fourth-order valence-electron chi connectivity index (χ4n) is 2.03. The lowest BCUT2D eigenvalue weighted by Crippen LogP contribution is -2.37. The molecule has 0 fully saturated rings. The molecule has 0 heterocycles. The smallest absolute Gasteiger partial charge is 0.261 e. The highest BCUT2D eigenvalue weighted by molar-refractivity contribution is 5.81. The molecule has 0 aliphatic heterocycles. The molecule has 1 unspecified atom stereocenters. The normalized spacial score (nSPS) is 11.5. The second-order valence-electron chi connectivity index (χ2n) is 4.89. The van der Waals surface area contributed by atoms with Crippen LogP contribution in [0.15, 0.2) is 54.6 Å². The van der Waals surface area contributed by atoms with Crippen molar-refractivity contribution in [2.75, 3.05) is 7.11 Å². The summed E-state index contributed by atoms with van der Waals surface area (Å²) in [6, 6.07) is 17.0. The lowest BCUT2D eigenvalue weighted by atomic mass is 10.2. The molecule has 0 saturated carbocycles. The second-order valence-corrected chi connectivity index (χ2v) is 4.89. The predicted octanol–water partition coefficient (Wildman–Crippen LogP) is 3.17. The van der Waals surface area contributed by atoms with Gasteiger partial charge in [0.1, 0.15) is 11.5 Å². The van der Waals surface area contributed by atoms with Crippen molar-refractivity contribution in [1.82, 2.24) is 5.32 Å². The molecule has 0 aliphatic rings. The SMILES string of the molecule is CCC(Oc1ccccc1)C(=O)NCc1ccc(OC)cc1. The lowest BCUT2D eigenvalue weighted by molar-refractivity contribution is -0.128. The van der Waals surface area contributed by atoms with Crippen molar-refractivity contribution in [2.24, 2.45) is 0 Å². The largest absolute Gasteiger partial charge is 0.497 e. The molecule has 2 rings (SSSR count). The van der Waals surface area contributed by atoms with Crippen molar-refractivity contribution < 1.29 is 14.3 Å². The maximum absolute atomic E-state index is 12.2. The molecule has 4 heteroatoms. The molecule has 22 heavy (non-hydrogen) atoms. The van der Waals surface area contributed by atoms with Crippen LogP contribution >= 0.6 is 0 Å². The Morgan fingerprint density at radius 3 is 2.32 bits per heavy atom. The van der Waals surface area contributed by atoms with Crippen LogP contribution in [0, 0.1) is 0 Å². The Bertz CT molecular complexity index is 581. The molecule has 1 N–H and O–H groups in total. The summed E-state index contributed by atoms with van der Waals surface area (Å²) in [4.78, 5) is 12.2. The first kappa shape index (κ1) is 15.9. The van der Waals surface area contributed by atoms with Crippen LogP contribution in [0.3, 0.4) is 0 Å². The van der Waals surface area contributed by atoms with Crippen LogP contribution in [0.25, 0.3) is 0 Å². The van der Waals surface area contributed by atoms with Gasteiger partial charge in [0.15, 0.2) is 6.10 Å². The van der Waals surface area contributed by atoms with E-state index in [2.05, 4.69) is 5.32 Å². The third kappa shape index (κ3) is 4.52. The fourth-order valence-corrected chi connectivity index (χ4v) is 2.03. The first-order chi connectivity index (χ1) is 10.7. The van der Waals surface area contributed by atoms with Crippen molar-refractivity contribution in [2.45, 2.75) is 26.0 Å². The minimum absolute atomic E-state index is 0.109. The van der Waals surface area contributed by atoms with Crippen molar-refractivity contribution >= 4 is 5.91 Å². The van der Waals surface area contributed by atoms with Crippen molar-refractivity contribution in [3.8, 4) is 11.5 Å². The van der Waals surface area contributed by atoms with E-state index in [9.17, 15) is 4.79 Å². The summed E-state index contributed by atoms with van der Waals surface area (Å²) < 4.78 is 10.8. The Morgan fingerprint density at radius 1 is 1.05 bits per heavy atom. The number of nitrogens with one attached hydrogen (secondary N) is 1. The van der Waals surface area contributed by atoms with Gasteiger partial charge in [0.25, 0.3) is 5.91 Å². The van der Waals surface area contributed by atoms with E-state index < -0.39 is 6.10 Å². The zero-order valence-electron chi connectivity index (χ0n) is 12.9. The predicted molar refractivity (Wildman–Crippen MR) is 86.0 cm³/mol. The molecule has 0 radical (unpaired) electrons. The number of hydrogen-bond donors (Lipinski definition) is 1. The summed E-state index contributed by atoms with van der Waals surface area (Å²) in [5, 5.41) is 2.90. The zero-order chi connectivity index (χ0) is 15.8. The Labute approximate surface area is 131 Å². The van der Waals surface area contributed by atoms with E-state index in [0.717, 1.165) is 11.3 Å². The number of benzene rings is 2. The Morgan fingerprint density at radius 2 is 1.73 bits per heavy atom. The molecule has 2 aromatic carbocycles. The van der Waals surface area contributed by atoms with Gasteiger partial charge in [0.05, 0.1) is 7.11 Å². The van der Waals surface area contributed by atoms with Crippen LogP contribution in [0.4, 0.5) is 0 Å².